The summed E-state index contributed by atoms with van der Waals surface area (Å²) in [6.45, 7) is 0.440. The lowest BCUT2D eigenvalue weighted by Gasteiger charge is -2.13. The highest BCUT2D eigenvalue weighted by atomic mass is 32.2. The summed E-state index contributed by atoms with van der Waals surface area (Å²) in [5.41, 5.74) is 2.27. The average Bonchev–Trinajstić information content (AvgIpc) is 3.69. The largest absolute Gasteiger partial charge is 0.497 e. The van der Waals surface area contributed by atoms with Gasteiger partial charge in [0.1, 0.15) is 22.8 Å². The van der Waals surface area contributed by atoms with Crippen molar-refractivity contribution in [1.82, 2.24) is 19.6 Å². The number of hydrogen-bond donors (Lipinski definition) is 1. The van der Waals surface area contributed by atoms with Gasteiger partial charge in [-0.2, -0.15) is 4.52 Å². The number of nitrogens with zero attached hydrogens (tertiary/aromatic N) is 5. The van der Waals surface area contributed by atoms with Crippen molar-refractivity contribution in [1.29, 1.82) is 0 Å². The second-order valence-electron chi connectivity index (χ2n) is 8.61. The minimum absolute atomic E-state index is 0.197. The molecule has 36 heavy (non-hydrogen) atoms. The van der Waals surface area contributed by atoms with Gasteiger partial charge in [-0.25, -0.2) is 18.5 Å². The molecule has 10 nitrogen and oxygen atoms in total. The van der Waals surface area contributed by atoms with E-state index in [1.807, 2.05) is 36.4 Å². The topological polar surface area (TPSA) is 112 Å². The van der Waals surface area contributed by atoms with Crippen LogP contribution in [0.1, 0.15) is 24.2 Å². The lowest BCUT2D eigenvalue weighted by atomic mass is 10.2. The fourth-order valence-electron chi connectivity index (χ4n) is 4.29. The summed E-state index contributed by atoms with van der Waals surface area (Å²) in [6.07, 6.45) is 2.43. The Bertz CT molecular complexity index is 1540. The molecule has 1 unspecified atom stereocenters. The summed E-state index contributed by atoms with van der Waals surface area (Å²) in [4.78, 5) is 9.65. The van der Waals surface area contributed by atoms with Crippen LogP contribution in [0.2, 0.25) is 0 Å². The van der Waals surface area contributed by atoms with Crippen LogP contribution in [0, 0.1) is 0 Å². The fraction of sp³-hybridized carbons (Fsp3) is 0.400. The molecule has 0 spiro atoms. The fourth-order valence-corrected chi connectivity index (χ4v) is 6.45. The third kappa shape index (κ3) is 4.50. The van der Waals surface area contributed by atoms with E-state index in [2.05, 4.69) is 9.68 Å². The number of aryl methyl sites for hydroxylation is 1. The Morgan fingerprint density at radius 2 is 1.89 bits per heavy atom. The second-order valence-corrected chi connectivity index (χ2v) is 11.4. The molecule has 2 aromatic heterocycles. The number of fused-ring (bicyclic) bond motifs is 3. The van der Waals surface area contributed by atoms with Crippen molar-refractivity contribution in [2.45, 2.75) is 31.1 Å². The summed E-state index contributed by atoms with van der Waals surface area (Å²) in [6, 6.07) is 11.4. The molecule has 5 rings (SSSR count). The van der Waals surface area contributed by atoms with E-state index in [9.17, 15) is 4.21 Å². The van der Waals surface area contributed by atoms with E-state index in [1.54, 1.807) is 32.9 Å². The third-order valence-corrected chi connectivity index (χ3v) is 9.35. The molecule has 1 aliphatic rings. The zero-order chi connectivity index (χ0) is 25.3. The zero-order valence-corrected chi connectivity index (χ0v) is 21.7. The Hall–Kier alpha value is -3.60. The summed E-state index contributed by atoms with van der Waals surface area (Å²) >= 11 is 0. The maximum Gasteiger partial charge on any atom is 0.226 e. The van der Waals surface area contributed by atoms with E-state index in [1.165, 1.54) is 0 Å². The molecule has 0 bridgehead atoms. The van der Waals surface area contributed by atoms with Crippen molar-refractivity contribution in [2.24, 2.45) is 4.36 Å². The molecule has 0 amide bonds. The number of aromatic nitrogens is 4. The van der Waals surface area contributed by atoms with Crippen molar-refractivity contribution in [2.75, 3.05) is 39.4 Å². The van der Waals surface area contributed by atoms with Crippen LogP contribution in [-0.2, 0) is 22.7 Å². The predicted octanol–water partition coefficient (Wildman–Crippen LogP) is 3.72. The Balaban J connectivity index is 1.53. The lowest BCUT2D eigenvalue weighted by Crippen LogP contribution is -2.14. The van der Waals surface area contributed by atoms with Gasteiger partial charge in [0.15, 0.2) is 11.5 Å². The number of benzene rings is 2. The number of para-hydroxylation sites is 1. The summed E-state index contributed by atoms with van der Waals surface area (Å²) < 4.78 is 35.5. The summed E-state index contributed by atoms with van der Waals surface area (Å²) in [5.74, 6) is 3.64. The van der Waals surface area contributed by atoms with E-state index in [-0.39, 0.29) is 5.25 Å². The molecule has 1 aliphatic carbocycles. The first-order chi connectivity index (χ1) is 17.5. The first kappa shape index (κ1) is 24.1. The van der Waals surface area contributed by atoms with Gasteiger partial charge in [-0.3, -0.25) is 0 Å². The van der Waals surface area contributed by atoms with Crippen LogP contribution >= 0.6 is 0 Å². The molecule has 1 saturated carbocycles. The van der Waals surface area contributed by atoms with Crippen LogP contribution in [0.25, 0.3) is 16.6 Å². The van der Waals surface area contributed by atoms with Crippen LogP contribution in [0.15, 0.2) is 40.8 Å². The van der Waals surface area contributed by atoms with Crippen LogP contribution in [0.3, 0.4) is 0 Å². The molecule has 1 atom stereocenters. The quantitative estimate of drug-likeness (QED) is 0.344. The van der Waals surface area contributed by atoms with E-state index >= 15 is 0 Å². The molecular weight excluding hydrogens is 480 g/mol. The van der Waals surface area contributed by atoms with Gasteiger partial charge in [-0.15, -0.1) is 5.10 Å². The standard InChI is InChI=1S/C25H30N6O4S/c1-26-36(32,18-10-11-18)13-12-22-28-24-19-6-5-7-20(34-3)23(19)29-25(31(24)30-22)27-15-16-8-9-17(33-2)14-21(16)35-4/h5-9,14,18H,10-13,15H2,1-4H3,(H,27,29). The first-order valence-electron chi connectivity index (χ1n) is 11.8. The molecule has 1 fully saturated rings. The van der Waals surface area contributed by atoms with E-state index in [0.717, 1.165) is 23.8 Å². The Kier molecular flexibility index (Phi) is 6.57. The van der Waals surface area contributed by atoms with Gasteiger partial charge in [0.25, 0.3) is 0 Å². The number of nitrogens with one attached hydrogen (secondary N) is 1. The highest BCUT2D eigenvalue weighted by molar-refractivity contribution is 7.94. The van der Waals surface area contributed by atoms with Gasteiger partial charge in [0.2, 0.25) is 5.95 Å². The molecule has 190 valence electrons. The molecule has 4 aromatic rings. The molecule has 2 aromatic carbocycles. The minimum atomic E-state index is -2.23. The lowest BCUT2D eigenvalue weighted by molar-refractivity contribution is 0.391. The molecule has 11 heteroatoms. The van der Waals surface area contributed by atoms with E-state index < -0.39 is 9.73 Å². The van der Waals surface area contributed by atoms with Crippen LogP contribution in [0.5, 0.6) is 17.2 Å². The molecule has 0 aliphatic heterocycles. The zero-order valence-electron chi connectivity index (χ0n) is 20.9. The van der Waals surface area contributed by atoms with Crippen molar-refractivity contribution < 1.29 is 18.4 Å². The van der Waals surface area contributed by atoms with E-state index in [4.69, 9.17) is 29.3 Å². The first-order valence-corrected chi connectivity index (χ1v) is 13.5. The monoisotopic (exact) mass is 510 g/mol. The molecule has 2 heterocycles. The summed E-state index contributed by atoms with van der Waals surface area (Å²) in [5, 5.41) is 9.14. The number of anilines is 1. The highest BCUT2D eigenvalue weighted by Crippen LogP contribution is 2.32. The summed E-state index contributed by atoms with van der Waals surface area (Å²) in [7, 11) is 4.29. The van der Waals surface area contributed by atoms with E-state index in [0.29, 0.717) is 58.9 Å². The SMILES string of the molecule is CN=S(=O)(CCc1nc2c3cccc(OC)c3nc(NCc3ccc(OC)cc3OC)n2n1)C1CC1. The Labute approximate surface area is 210 Å². The van der Waals surface area contributed by atoms with Gasteiger partial charge >= 0.3 is 0 Å². The Morgan fingerprint density at radius 1 is 1.08 bits per heavy atom. The van der Waals surface area contributed by atoms with Gasteiger partial charge in [-0.1, -0.05) is 6.07 Å². The number of ether oxygens (including phenoxy) is 3. The number of hydrogen-bond acceptors (Lipinski definition) is 9. The van der Waals surface area contributed by atoms with Gasteiger partial charge in [0.05, 0.1) is 21.3 Å². The molecule has 0 saturated heterocycles. The van der Waals surface area contributed by atoms with Gasteiger partial charge in [0, 0.05) is 57.8 Å². The number of methoxy groups -OCH3 is 3. The van der Waals surface area contributed by atoms with Crippen molar-refractivity contribution in [3.05, 3.63) is 47.8 Å². The number of rotatable bonds is 10. The second kappa shape index (κ2) is 9.81. The van der Waals surface area contributed by atoms with Gasteiger partial charge in [-0.05, 0) is 37.1 Å². The van der Waals surface area contributed by atoms with Crippen molar-refractivity contribution in [3.8, 4) is 17.2 Å². The van der Waals surface area contributed by atoms with Crippen LogP contribution in [-0.4, -0.2) is 63.2 Å². The van der Waals surface area contributed by atoms with Crippen molar-refractivity contribution >= 4 is 32.2 Å². The predicted molar refractivity (Wildman–Crippen MR) is 140 cm³/mol. The molecular formula is C25H30N6O4S. The maximum atomic E-state index is 13.1. The van der Waals surface area contributed by atoms with Gasteiger partial charge < -0.3 is 19.5 Å². The van der Waals surface area contributed by atoms with Crippen molar-refractivity contribution in [3.63, 3.8) is 0 Å². The normalized spacial score (nSPS) is 15.0. The average molecular weight is 511 g/mol. The smallest absolute Gasteiger partial charge is 0.226 e. The minimum Gasteiger partial charge on any atom is -0.497 e. The van der Waals surface area contributed by atoms with Crippen LogP contribution < -0.4 is 19.5 Å². The molecule has 1 N–H and O–H groups in total. The maximum absolute atomic E-state index is 13.1. The Morgan fingerprint density at radius 3 is 2.58 bits per heavy atom. The van der Waals surface area contributed by atoms with Crippen LogP contribution in [0.4, 0.5) is 5.95 Å². The molecule has 0 radical (unpaired) electrons. The highest BCUT2D eigenvalue weighted by Gasteiger charge is 2.33. The third-order valence-electron chi connectivity index (χ3n) is 6.43.